The van der Waals surface area contributed by atoms with E-state index in [2.05, 4.69) is 10.3 Å². The second-order valence-corrected chi connectivity index (χ2v) is 2.44. The molecule has 1 aromatic heterocycles. The zero-order valence-electron chi connectivity index (χ0n) is 7.23. The van der Waals surface area contributed by atoms with Gasteiger partial charge in [0.05, 0.1) is 0 Å². The van der Waals surface area contributed by atoms with Crippen LogP contribution in [-0.2, 0) is 17.8 Å². The fraction of sp³-hybridized carbons (Fsp3) is 0.429. The van der Waals surface area contributed by atoms with Gasteiger partial charge >= 0.3 is 0 Å². The van der Waals surface area contributed by atoms with Gasteiger partial charge in [-0.1, -0.05) is 5.21 Å². The Balaban J connectivity index is 3.13. The number of hydrogen-bond donors (Lipinski definition) is 1. The minimum Gasteiger partial charge on any atom is -0.364 e. The summed E-state index contributed by atoms with van der Waals surface area (Å²) in [6.07, 6.45) is 0.731. The van der Waals surface area contributed by atoms with Crippen molar-refractivity contribution in [1.82, 2.24) is 15.0 Å². The number of rotatable bonds is 4. The molecule has 0 unspecified atom stereocenters. The molecular weight excluding hydrogens is 172 g/mol. The van der Waals surface area contributed by atoms with E-state index in [0.717, 1.165) is 0 Å². The van der Waals surface area contributed by atoms with E-state index in [1.54, 1.807) is 0 Å². The first-order chi connectivity index (χ1) is 6.20. The molecule has 2 N–H and O–H groups in total. The van der Waals surface area contributed by atoms with Crippen molar-refractivity contribution in [2.75, 3.05) is 0 Å². The number of nitrogens with zero attached hydrogens (tertiary/aromatic N) is 3. The summed E-state index contributed by atoms with van der Waals surface area (Å²) in [5, 5.41) is 7.36. The van der Waals surface area contributed by atoms with Gasteiger partial charge in [-0.2, -0.15) is 0 Å². The Kier molecular flexibility index (Phi) is 2.73. The fourth-order valence-corrected chi connectivity index (χ4v) is 1.06. The molecule has 0 saturated heterocycles. The largest absolute Gasteiger partial charge is 0.364 e. The molecule has 1 heterocycles. The first-order valence-electron chi connectivity index (χ1n) is 3.86. The normalized spacial score (nSPS) is 9.92. The van der Waals surface area contributed by atoms with Crippen molar-refractivity contribution in [3.05, 3.63) is 11.4 Å². The summed E-state index contributed by atoms with van der Waals surface area (Å²) in [6.45, 7) is 2.32. The maximum absolute atomic E-state index is 10.9. The highest BCUT2D eigenvalue weighted by atomic mass is 16.1. The molecule has 0 aliphatic carbocycles. The Labute approximate surface area is 74.7 Å². The quantitative estimate of drug-likeness (QED) is 0.613. The lowest BCUT2D eigenvalue weighted by Gasteiger charge is -1.98. The van der Waals surface area contributed by atoms with Crippen LogP contribution in [0.15, 0.2) is 0 Å². The molecule has 6 heteroatoms. The number of carbonyl (C=O) groups is 2. The molecule has 0 bridgehead atoms. The molecule has 1 aromatic rings. The maximum Gasteiger partial charge on any atom is 0.268 e. The molecule has 0 fully saturated rings. The molecule has 0 aliphatic heterocycles. The second-order valence-electron chi connectivity index (χ2n) is 2.44. The van der Waals surface area contributed by atoms with Crippen LogP contribution in [0.5, 0.6) is 0 Å². The van der Waals surface area contributed by atoms with E-state index in [-0.39, 0.29) is 12.1 Å². The molecular formula is C7H10N4O2. The minimum absolute atomic E-state index is 0.0677. The highest BCUT2D eigenvalue weighted by Crippen LogP contribution is 2.04. The van der Waals surface area contributed by atoms with E-state index in [1.807, 2.05) is 6.92 Å². The van der Waals surface area contributed by atoms with Crippen molar-refractivity contribution in [2.45, 2.75) is 19.9 Å². The minimum atomic E-state index is -0.608. The summed E-state index contributed by atoms with van der Waals surface area (Å²) < 4.78 is 1.38. The number of primary amides is 1. The number of amides is 1. The van der Waals surface area contributed by atoms with Gasteiger partial charge in [-0.25, -0.2) is 4.68 Å². The molecule has 6 nitrogen and oxygen atoms in total. The average molecular weight is 182 g/mol. The third-order valence-corrected chi connectivity index (χ3v) is 1.61. The van der Waals surface area contributed by atoms with Crippen LogP contribution in [0.3, 0.4) is 0 Å². The molecule has 0 aliphatic rings. The zero-order valence-corrected chi connectivity index (χ0v) is 7.23. The lowest BCUT2D eigenvalue weighted by molar-refractivity contribution is -0.107. The van der Waals surface area contributed by atoms with Crippen LogP contribution in [-0.4, -0.2) is 27.2 Å². The summed E-state index contributed by atoms with van der Waals surface area (Å²) in [4.78, 5) is 21.2. The van der Waals surface area contributed by atoms with Crippen LogP contribution in [0, 0.1) is 0 Å². The van der Waals surface area contributed by atoms with Gasteiger partial charge in [0.25, 0.3) is 5.91 Å². The molecule has 0 aromatic carbocycles. The van der Waals surface area contributed by atoms with Crippen molar-refractivity contribution in [1.29, 1.82) is 0 Å². The SMILES string of the molecule is CCn1nnc(CC=O)c1C(N)=O. The van der Waals surface area contributed by atoms with Crippen LogP contribution in [0.4, 0.5) is 0 Å². The molecule has 13 heavy (non-hydrogen) atoms. The molecule has 0 radical (unpaired) electrons. The first-order valence-corrected chi connectivity index (χ1v) is 3.86. The molecule has 70 valence electrons. The maximum atomic E-state index is 10.9. The third-order valence-electron chi connectivity index (χ3n) is 1.61. The molecule has 0 atom stereocenters. The van der Waals surface area contributed by atoms with Crippen LogP contribution in [0.25, 0.3) is 0 Å². The van der Waals surface area contributed by atoms with E-state index in [1.165, 1.54) is 4.68 Å². The number of hydrogen-bond acceptors (Lipinski definition) is 4. The van der Waals surface area contributed by atoms with Crippen LogP contribution < -0.4 is 5.73 Å². The number of nitrogens with two attached hydrogens (primary N) is 1. The highest BCUT2D eigenvalue weighted by Gasteiger charge is 2.15. The van der Waals surface area contributed by atoms with E-state index >= 15 is 0 Å². The van der Waals surface area contributed by atoms with Crippen molar-refractivity contribution >= 4 is 12.2 Å². The Morgan fingerprint density at radius 3 is 2.85 bits per heavy atom. The monoisotopic (exact) mass is 182 g/mol. The highest BCUT2D eigenvalue weighted by molar-refractivity contribution is 5.92. The van der Waals surface area contributed by atoms with E-state index < -0.39 is 5.91 Å². The van der Waals surface area contributed by atoms with Crippen molar-refractivity contribution in [3.8, 4) is 0 Å². The van der Waals surface area contributed by atoms with Crippen molar-refractivity contribution < 1.29 is 9.59 Å². The van der Waals surface area contributed by atoms with Gasteiger partial charge in [-0.3, -0.25) is 4.79 Å². The van der Waals surface area contributed by atoms with Gasteiger partial charge in [0.15, 0.2) is 0 Å². The summed E-state index contributed by atoms with van der Waals surface area (Å²) in [6, 6.07) is 0. The van der Waals surface area contributed by atoms with Crippen LogP contribution in [0.2, 0.25) is 0 Å². The summed E-state index contributed by atoms with van der Waals surface area (Å²) >= 11 is 0. The Morgan fingerprint density at radius 2 is 2.38 bits per heavy atom. The average Bonchev–Trinajstić information content (AvgIpc) is 2.48. The molecule has 0 spiro atoms. The number of carbonyl (C=O) groups excluding carboxylic acids is 2. The number of aldehydes is 1. The lowest BCUT2D eigenvalue weighted by atomic mass is 10.2. The van der Waals surface area contributed by atoms with Gasteiger partial charge in [0.2, 0.25) is 0 Å². The summed E-state index contributed by atoms with van der Waals surface area (Å²) in [5.41, 5.74) is 5.66. The Bertz CT molecular complexity index is 331. The first kappa shape index (κ1) is 9.37. The van der Waals surface area contributed by atoms with Crippen LogP contribution in [0.1, 0.15) is 23.1 Å². The number of aryl methyl sites for hydroxylation is 1. The Morgan fingerprint density at radius 1 is 1.69 bits per heavy atom. The van der Waals surface area contributed by atoms with E-state index in [0.29, 0.717) is 18.5 Å². The Hall–Kier alpha value is -1.72. The topological polar surface area (TPSA) is 90.9 Å². The van der Waals surface area contributed by atoms with Gasteiger partial charge in [0.1, 0.15) is 17.7 Å². The predicted octanol–water partition coefficient (Wildman–Crippen LogP) is -0.862. The molecule has 1 rings (SSSR count). The van der Waals surface area contributed by atoms with E-state index in [4.69, 9.17) is 5.73 Å². The number of aromatic nitrogens is 3. The third kappa shape index (κ3) is 1.71. The van der Waals surface area contributed by atoms with Gasteiger partial charge in [-0.15, -0.1) is 5.10 Å². The molecule has 1 amide bonds. The van der Waals surface area contributed by atoms with Crippen molar-refractivity contribution in [3.63, 3.8) is 0 Å². The predicted molar refractivity (Wildman–Crippen MR) is 44.0 cm³/mol. The van der Waals surface area contributed by atoms with Gasteiger partial charge in [0, 0.05) is 13.0 Å². The standard InChI is InChI=1S/C7H10N4O2/c1-2-11-6(7(8)13)5(3-4-12)9-10-11/h4H,2-3H2,1H3,(H2,8,13). The zero-order chi connectivity index (χ0) is 9.84. The summed E-state index contributed by atoms with van der Waals surface area (Å²) in [5.74, 6) is -0.608. The van der Waals surface area contributed by atoms with Crippen molar-refractivity contribution in [2.24, 2.45) is 5.73 Å². The molecule has 0 saturated carbocycles. The van der Waals surface area contributed by atoms with Gasteiger partial charge < -0.3 is 10.5 Å². The second kappa shape index (κ2) is 3.79. The smallest absolute Gasteiger partial charge is 0.268 e. The van der Waals surface area contributed by atoms with Crippen LogP contribution >= 0.6 is 0 Å². The fourth-order valence-electron chi connectivity index (χ4n) is 1.06. The lowest BCUT2D eigenvalue weighted by Crippen LogP contribution is -2.19. The van der Waals surface area contributed by atoms with Gasteiger partial charge in [-0.05, 0) is 6.92 Å². The van der Waals surface area contributed by atoms with E-state index in [9.17, 15) is 9.59 Å². The summed E-state index contributed by atoms with van der Waals surface area (Å²) in [7, 11) is 0.